The first kappa shape index (κ1) is 35.7. The number of hydrogen-bond acceptors (Lipinski definition) is 2. The van der Waals surface area contributed by atoms with Crippen LogP contribution < -0.4 is 4.90 Å². The molecule has 1 heterocycles. The molecule has 0 aliphatic carbocycles. The highest BCUT2D eigenvalue weighted by molar-refractivity contribution is 6.34. The predicted molar refractivity (Wildman–Crippen MR) is 263 cm³/mol. The smallest absolute Gasteiger partial charge is 0.136 e. The zero-order valence-corrected chi connectivity index (χ0v) is 33.9. The summed E-state index contributed by atoms with van der Waals surface area (Å²) in [5, 5.41) is 9.70. The molecule has 12 aromatic rings. The summed E-state index contributed by atoms with van der Waals surface area (Å²) in [5.41, 5.74) is 14.6. The number of furan rings is 1. The van der Waals surface area contributed by atoms with Gasteiger partial charge in [-0.2, -0.15) is 0 Å². The highest BCUT2D eigenvalue weighted by atomic mass is 16.3. The van der Waals surface area contributed by atoms with Gasteiger partial charge in [-0.25, -0.2) is 0 Å². The van der Waals surface area contributed by atoms with Gasteiger partial charge >= 0.3 is 0 Å². The van der Waals surface area contributed by atoms with Crippen LogP contribution in [0, 0.1) is 0 Å². The Bertz CT molecular complexity index is 3590. The van der Waals surface area contributed by atoms with Gasteiger partial charge in [-0.1, -0.05) is 182 Å². The van der Waals surface area contributed by atoms with Crippen LogP contribution in [0.4, 0.5) is 17.1 Å². The van der Waals surface area contributed by atoms with Gasteiger partial charge in [0.2, 0.25) is 0 Å². The number of rotatable bonds is 7. The molecule has 0 atom stereocenters. The molecule has 12 rings (SSSR count). The van der Waals surface area contributed by atoms with E-state index >= 15 is 0 Å². The Morgan fingerprint density at radius 3 is 1.32 bits per heavy atom. The molecule has 0 spiro atoms. The summed E-state index contributed by atoms with van der Waals surface area (Å²) in [7, 11) is 0. The van der Waals surface area contributed by atoms with E-state index in [1.54, 1.807) is 0 Å². The molecule has 1 aromatic heterocycles. The second-order valence-electron chi connectivity index (χ2n) is 16.0. The van der Waals surface area contributed by atoms with Crippen molar-refractivity contribution in [1.29, 1.82) is 0 Å². The quantitative estimate of drug-likeness (QED) is 0.150. The zero-order chi connectivity index (χ0) is 41.0. The van der Waals surface area contributed by atoms with E-state index in [2.05, 4.69) is 235 Å². The minimum absolute atomic E-state index is 0.910. The van der Waals surface area contributed by atoms with Crippen molar-refractivity contribution < 1.29 is 4.42 Å². The van der Waals surface area contributed by atoms with Crippen LogP contribution >= 0.6 is 0 Å². The molecule has 0 radical (unpaired) electrons. The average molecular weight is 790 g/mol. The van der Waals surface area contributed by atoms with Crippen LogP contribution in [0.1, 0.15) is 0 Å². The standard InChI is InChI=1S/C60H39NO/c1-3-13-40(14-4-1)42-23-25-43(26-24-42)45-29-34-48(35-30-45)61(47-32-27-44(28-33-47)41-15-5-2-6-16-41)56-21-11-9-17-49(56)46-31-36-51-50-18-7-8-19-52(50)59-53(55(51)39-46)37-38-58-60(59)54-20-10-12-22-57(54)62-58/h1-39H. The van der Waals surface area contributed by atoms with Crippen LogP contribution in [0.25, 0.3) is 98.8 Å². The Labute approximate surface area is 360 Å². The molecule has 62 heavy (non-hydrogen) atoms. The van der Waals surface area contributed by atoms with Crippen LogP contribution in [-0.2, 0) is 0 Å². The molecule has 2 heteroatoms. The molecule has 0 amide bonds. The van der Waals surface area contributed by atoms with Gasteiger partial charge in [-0.3, -0.25) is 0 Å². The van der Waals surface area contributed by atoms with Gasteiger partial charge in [-0.05, 0) is 120 Å². The summed E-state index contributed by atoms with van der Waals surface area (Å²) in [6.07, 6.45) is 0. The highest BCUT2D eigenvalue weighted by Gasteiger charge is 2.20. The molecule has 11 aromatic carbocycles. The Morgan fingerprint density at radius 2 is 0.694 bits per heavy atom. The van der Waals surface area contributed by atoms with Crippen molar-refractivity contribution in [2.75, 3.05) is 4.90 Å². The lowest BCUT2D eigenvalue weighted by Crippen LogP contribution is -2.11. The van der Waals surface area contributed by atoms with Gasteiger partial charge in [0.1, 0.15) is 11.2 Å². The second kappa shape index (κ2) is 14.8. The maximum Gasteiger partial charge on any atom is 0.136 e. The Balaban J connectivity index is 1.01. The normalized spacial score (nSPS) is 11.5. The van der Waals surface area contributed by atoms with E-state index in [-0.39, 0.29) is 0 Å². The van der Waals surface area contributed by atoms with Crippen molar-refractivity contribution >= 4 is 71.3 Å². The van der Waals surface area contributed by atoms with Crippen LogP contribution in [0.2, 0.25) is 0 Å². The van der Waals surface area contributed by atoms with E-state index in [1.807, 2.05) is 6.07 Å². The summed E-state index contributed by atoms with van der Waals surface area (Å²) in [5.74, 6) is 0. The molecule has 0 bridgehead atoms. The molecular weight excluding hydrogens is 751 g/mol. The summed E-state index contributed by atoms with van der Waals surface area (Å²) in [6.45, 7) is 0. The van der Waals surface area contributed by atoms with Gasteiger partial charge in [0.25, 0.3) is 0 Å². The van der Waals surface area contributed by atoms with E-state index in [0.29, 0.717) is 0 Å². The monoisotopic (exact) mass is 789 g/mol. The molecule has 0 aliphatic heterocycles. The largest absolute Gasteiger partial charge is 0.456 e. The Morgan fingerprint density at radius 1 is 0.258 bits per heavy atom. The minimum atomic E-state index is 0.910. The third-order valence-electron chi connectivity index (χ3n) is 12.5. The number of benzene rings is 11. The maximum absolute atomic E-state index is 6.42. The fourth-order valence-electron chi connectivity index (χ4n) is 9.49. The number of fused-ring (bicyclic) bond motifs is 10. The molecule has 0 unspecified atom stereocenters. The molecule has 0 saturated heterocycles. The van der Waals surface area contributed by atoms with Crippen molar-refractivity contribution in [3.8, 4) is 44.5 Å². The van der Waals surface area contributed by atoms with Gasteiger partial charge in [-0.15, -0.1) is 0 Å². The molecule has 0 fully saturated rings. The molecule has 290 valence electrons. The van der Waals surface area contributed by atoms with Gasteiger partial charge in [0.15, 0.2) is 0 Å². The van der Waals surface area contributed by atoms with Crippen LogP contribution in [0.5, 0.6) is 0 Å². The van der Waals surface area contributed by atoms with Crippen LogP contribution in [0.15, 0.2) is 241 Å². The van der Waals surface area contributed by atoms with Gasteiger partial charge in [0, 0.05) is 33.1 Å². The molecule has 0 aliphatic rings. The maximum atomic E-state index is 6.42. The van der Waals surface area contributed by atoms with Crippen molar-refractivity contribution in [2.45, 2.75) is 0 Å². The van der Waals surface area contributed by atoms with Crippen molar-refractivity contribution in [3.63, 3.8) is 0 Å². The molecule has 0 N–H and O–H groups in total. The van der Waals surface area contributed by atoms with E-state index in [1.165, 1.54) is 71.1 Å². The lowest BCUT2D eigenvalue weighted by Gasteiger charge is -2.28. The van der Waals surface area contributed by atoms with Crippen molar-refractivity contribution in [2.24, 2.45) is 0 Å². The number of anilines is 3. The lowest BCUT2D eigenvalue weighted by molar-refractivity contribution is 0.669. The second-order valence-corrected chi connectivity index (χ2v) is 16.0. The van der Waals surface area contributed by atoms with E-state index in [4.69, 9.17) is 4.42 Å². The highest BCUT2D eigenvalue weighted by Crippen LogP contribution is 2.46. The van der Waals surface area contributed by atoms with E-state index < -0.39 is 0 Å². The first-order valence-electron chi connectivity index (χ1n) is 21.2. The topological polar surface area (TPSA) is 16.4 Å². The van der Waals surface area contributed by atoms with Crippen molar-refractivity contribution in [3.05, 3.63) is 237 Å². The summed E-state index contributed by atoms with van der Waals surface area (Å²) < 4.78 is 6.42. The van der Waals surface area contributed by atoms with Crippen molar-refractivity contribution in [1.82, 2.24) is 0 Å². The molecular formula is C60H39NO. The summed E-state index contributed by atoms with van der Waals surface area (Å²) in [4.78, 5) is 2.40. The Hall–Kier alpha value is -8.20. The summed E-state index contributed by atoms with van der Waals surface area (Å²) in [6, 6.07) is 85.4. The van der Waals surface area contributed by atoms with Crippen LogP contribution in [-0.4, -0.2) is 0 Å². The predicted octanol–water partition coefficient (Wildman–Crippen LogP) is 17.2. The van der Waals surface area contributed by atoms with Gasteiger partial charge < -0.3 is 9.32 Å². The average Bonchev–Trinajstić information content (AvgIpc) is 3.74. The number of nitrogens with zero attached hydrogens (tertiary/aromatic N) is 1. The lowest BCUT2D eigenvalue weighted by atomic mass is 9.90. The SMILES string of the molecule is c1ccc(-c2ccc(-c3ccc(N(c4ccc(-c5ccccc5)cc4)c4ccccc4-c4ccc5c6ccccc6c6c(ccc7oc8ccccc8c76)c5c4)cc3)cc2)cc1. The molecule has 2 nitrogen and oxygen atoms in total. The number of para-hydroxylation sites is 2. The Kier molecular flexibility index (Phi) is 8.53. The fourth-order valence-corrected chi connectivity index (χ4v) is 9.49. The first-order valence-corrected chi connectivity index (χ1v) is 21.2. The van der Waals surface area contributed by atoms with E-state index in [9.17, 15) is 0 Å². The van der Waals surface area contributed by atoms with Crippen LogP contribution in [0.3, 0.4) is 0 Å². The molecule has 0 saturated carbocycles. The van der Waals surface area contributed by atoms with Gasteiger partial charge in [0.05, 0.1) is 5.69 Å². The third kappa shape index (κ3) is 6.04. The minimum Gasteiger partial charge on any atom is -0.456 e. The first-order chi connectivity index (χ1) is 30.7. The third-order valence-corrected chi connectivity index (χ3v) is 12.5. The fraction of sp³-hybridized carbons (Fsp3) is 0. The van der Waals surface area contributed by atoms with E-state index in [0.717, 1.165) is 44.7 Å². The summed E-state index contributed by atoms with van der Waals surface area (Å²) >= 11 is 0. The number of hydrogen-bond donors (Lipinski definition) is 0. The zero-order valence-electron chi connectivity index (χ0n) is 33.9.